The van der Waals surface area contributed by atoms with Crippen molar-refractivity contribution in [2.45, 2.75) is 12.8 Å². The van der Waals surface area contributed by atoms with Crippen molar-refractivity contribution in [2.75, 3.05) is 4.43 Å². The number of hydrogen-bond acceptors (Lipinski definition) is 1. The van der Waals surface area contributed by atoms with Gasteiger partial charge in [0, 0.05) is 10.3 Å². The van der Waals surface area contributed by atoms with E-state index in [0.29, 0.717) is 0 Å². The van der Waals surface area contributed by atoms with Crippen molar-refractivity contribution in [3.8, 4) is 0 Å². The molecule has 0 heterocycles. The van der Waals surface area contributed by atoms with Crippen molar-refractivity contribution in [3.05, 3.63) is 35.9 Å². The molecule has 0 radical (unpaired) electrons. The summed E-state index contributed by atoms with van der Waals surface area (Å²) >= 11 is 2.31. The quantitative estimate of drug-likeness (QED) is 0.462. The standard InChI is InChI=1S/C11H13IO/c12-7-6-11(9-13)8-10-4-2-1-3-5-10/h1-5,9,11H,6-8H2. The lowest BCUT2D eigenvalue weighted by molar-refractivity contribution is -0.111. The van der Waals surface area contributed by atoms with E-state index < -0.39 is 0 Å². The third-order valence-corrected chi connectivity index (χ3v) is 2.64. The van der Waals surface area contributed by atoms with Gasteiger partial charge in [-0.3, -0.25) is 0 Å². The van der Waals surface area contributed by atoms with Crippen molar-refractivity contribution in [3.63, 3.8) is 0 Å². The number of carbonyl (C=O) groups excluding carboxylic acids is 1. The average Bonchev–Trinajstić information content (AvgIpc) is 2.19. The third-order valence-electron chi connectivity index (χ3n) is 2.01. The summed E-state index contributed by atoms with van der Waals surface area (Å²) in [7, 11) is 0. The van der Waals surface area contributed by atoms with Crippen LogP contribution in [0, 0.1) is 5.92 Å². The number of halogens is 1. The van der Waals surface area contributed by atoms with E-state index >= 15 is 0 Å². The first-order chi connectivity index (χ1) is 6.36. The zero-order chi connectivity index (χ0) is 9.52. The van der Waals surface area contributed by atoms with E-state index in [-0.39, 0.29) is 5.92 Å². The molecule has 0 saturated carbocycles. The molecule has 1 aromatic rings. The first kappa shape index (κ1) is 10.7. The normalized spacial score (nSPS) is 12.4. The van der Waals surface area contributed by atoms with Crippen LogP contribution in [0.2, 0.25) is 0 Å². The minimum absolute atomic E-state index is 0.194. The maximum Gasteiger partial charge on any atom is 0.123 e. The molecule has 0 amide bonds. The molecule has 1 rings (SSSR count). The van der Waals surface area contributed by atoms with Crippen LogP contribution in [0.3, 0.4) is 0 Å². The van der Waals surface area contributed by atoms with E-state index in [2.05, 4.69) is 34.7 Å². The number of benzene rings is 1. The zero-order valence-corrected chi connectivity index (χ0v) is 9.61. The smallest absolute Gasteiger partial charge is 0.123 e. The maximum absolute atomic E-state index is 10.7. The van der Waals surface area contributed by atoms with E-state index in [1.807, 2.05) is 18.2 Å². The van der Waals surface area contributed by atoms with Crippen LogP contribution in [0.15, 0.2) is 30.3 Å². The fourth-order valence-electron chi connectivity index (χ4n) is 1.28. The van der Waals surface area contributed by atoms with Crippen LogP contribution in [-0.4, -0.2) is 10.7 Å². The van der Waals surface area contributed by atoms with Crippen LogP contribution in [0.1, 0.15) is 12.0 Å². The van der Waals surface area contributed by atoms with Gasteiger partial charge in [0.25, 0.3) is 0 Å². The van der Waals surface area contributed by atoms with Crippen molar-refractivity contribution < 1.29 is 4.79 Å². The largest absolute Gasteiger partial charge is 0.303 e. The Hall–Kier alpha value is -0.380. The Morgan fingerprint density at radius 1 is 1.31 bits per heavy atom. The summed E-state index contributed by atoms with van der Waals surface area (Å²) in [6, 6.07) is 10.2. The van der Waals surface area contributed by atoms with Gasteiger partial charge in [-0.15, -0.1) is 0 Å². The second kappa shape index (κ2) is 6.13. The molecule has 1 nitrogen and oxygen atoms in total. The molecule has 2 heteroatoms. The number of rotatable bonds is 5. The average molecular weight is 288 g/mol. The molecule has 0 aromatic heterocycles. The van der Waals surface area contributed by atoms with Gasteiger partial charge in [0.1, 0.15) is 6.29 Å². The van der Waals surface area contributed by atoms with Gasteiger partial charge in [-0.2, -0.15) is 0 Å². The van der Waals surface area contributed by atoms with Crippen molar-refractivity contribution in [2.24, 2.45) is 5.92 Å². The lowest BCUT2D eigenvalue weighted by Crippen LogP contribution is -2.06. The van der Waals surface area contributed by atoms with Crippen molar-refractivity contribution in [1.29, 1.82) is 0 Å². The second-order valence-corrected chi connectivity index (χ2v) is 4.14. The van der Waals surface area contributed by atoms with Gasteiger partial charge < -0.3 is 4.79 Å². The summed E-state index contributed by atoms with van der Waals surface area (Å²) in [5, 5.41) is 0. The molecule has 0 spiro atoms. The van der Waals surface area contributed by atoms with Crippen molar-refractivity contribution >= 4 is 28.9 Å². The molecule has 0 aliphatic rings. The minimum Gasteiger partial charge on any atom is -0.303 e. The summed E-state index contributed by atoms with van der Waals surface area (Å²) in [5.41, 5.74) is 1.25. The van der Waals surface area contributed by atoms with Crippen LogP contribution < -0.4 is 0 Å². The highest BCUT2D eigenvalue weighted by Gasteiger charge is 2.06. The van der Waals surface area contributed by atoms with Gasteiger partial charge in [-0.1, -0.05) is 52.9 Å². The number of aldehydes is 1. The Bertz CT molecular complexity index is 246. The molecular formula is C11H13IO. The minimum atomic E-state index is 0.194. The molecule has 1 aromatic carbocycles. The number of carbonyl (C=O) groups is 1. The maximum atomic E-state index is 10.7. The van der Waals surface area contributed by atoms with Crippen LogP contribution in [0.25, 0.3) is 0 Å². The Balaban J connectivity index is 2.51. The first-order valence-corrected chi connectivity index (χ1v) is 5.94. The zero-order valence-electron chi connectivity index (χ0n) is 7.45. The molecule has 0 aliphatic carbocycles. The highest BCUT2D eigenvalue weighted by molar-refractivity contribution is 14.1. The molecule has 0 aliphatic heterocycles. The fourth-order valence-corrected chi connectivity index (χ4v) is 2.08. The van der Waals surface area contributed by atoms with E-state index in [0.717, 1.165) is 23.6 Å². The van der Waals surface area contributed by atoms with E-state index in [9.17, 15) is 4.79 Å². The van der Waals surface area contributed by atoms with Crippen LogP contribution >= 0.6 is 22.6 Å². The van der Waals surface area contributed by atoms with Gasteiger partial charge in [0.2, 0.25) is 0 Å². The topological polar surface area (TPSA) is 17.1 Å². The predicted octanol–water partition coefficient (Wildman–Crippen LogP) is 2.87. The number of alkyl halides is 1. The third kappa shape index (κ3) is 3.89. The lowest BCUT2D eigenvalue weighted by atomic mass is 9.99. The van der Waals surface area contributed by atoms with Crippen LogP contribution in [-0.2, 0) is 11.2 Å². The predicted molar refractivity (Wildman–Crippen MR) is 63.2 cm³/mol. The van der Waals surface area contributed by atoms with Gasteiger partial charge >= 0.3 is 0 Å². The van der Waals surface area contributed by atoms with Gasteiger partial charge in [-0.25, -0.2) is 0 Å². The molecule has 1 atom stereocenters. The summed E-state index contributed by atoms with van der Waals surface area (Å²) in [6.07, 6.45) is 2.94. The van der Waals surface area contributed by atoms with Crippen LogP contribution in [0.4, 0.5) is 0 Å². The highest BCUT2D eigenvalue weighted by atomic mass is 127. The molecule has 70 valence electrons. The monoisotopic (exact) mass is 288 g/mol. The summed E-state index contributed by atoms with van der Waals surface area (Å²) in [6.45, 7) is 0. The van der Waals surface area contributed by atoms with Crippen LogP contribution in [0.5, 0.6) is 0 Å². The van der Waals surface area contributed by atoms with Gasteiger partial charge in [0.05, 0.1) is 0 Å². The molecular weight excluding hydrogens is 275 g/mol. The van der Waals surface area contributed by atoms with E-state index in [4.69, 9.17) is 0 Å². The van der Waals surface area contributed by atoms with E-state index in [1.54, 1.807) is 0 Å². The molecule has 0 fully saturated rings. The van der Waals surface area contributed by atoms with E-state index in [1.165, 1.54) is 5.56 Å². The first-order valence-electron chi connectivity index (χ1n) is 4.42. The SMILES string of the molecule is O=CC(CCI)Cc1ccccc1. The molecule has 0 bridgehead atoms. The molecule has 0 saturated heterocycles. The Labute approximate surface area is 92.7 Å². The summed E-state index contributed by atoms with van der Waals surface area (Å²) in [5.74, 6) is 0.194. The summed E-state index contributed by atoms with van der Waals surface area (Å²) < 4.78 is 1.05. The molecule has 0 N–H and O–H groups in total. The highest BCUT2D eigenvalue weighted by Crippen LogP contribution is 2.11. The lowest BCUT2D eigenvalue weighted by Gasteiger charge is -2.07. The molecule has 1 unspecified atom stereocenters. The van der Waals surface area contributed by atoms with Gasteiger partial charge in [-0.05, 0) is 18.4 Å². The summed E-state index contributed by atoms with van der Waals surface area (Å²) in [4.78, 5) is 10.7. The second-order valence-electron chi connectivity index (χ2n) is 3.06. The number of hydrogen-bond donors (Lipinski definition) is 0. The Morgan fingerprint density at radius 2 is 2.00 bits per heavy atom. The fraction of sp³-hybridized carbons (Fsp3) is 0.364. The molecule has 13 heavy (non-hydrogen) atoms. The Kier molecular flexibility index (Phi) is 5.05. The van der Waals surface area contributed by atoms with Gasteiger partial charge in [0.15, 0.2) is 0 Å². The Morgan fingerprint density at radius 3 is 2.54 bits per heavy atom. The van der Waals surface area contributed by atoms with Crippen molar-refractivity contribution in [1.82, 2.24) is 0 Å².